The lowest BCUT2D eigenvalue weighted by Crippen LogP contribution is -2.31. The van der Waals surface area contributed by atoms with E-state index in [0.29, 0.717) is 12.5 Å². The van der Waals surface area contributed by atoms with Crippen molar-refractivity contribution in [3.8, 4) is 0 Å². The van der Waals surface area contributed by atoms with E-state index in [1.54, 1.807) is 0 Å². The second-order valence-electron chi connectivity index (χ2n) is 3.98. The standard InChI is InChI=1S/C10H14BrN3O3/c1-6(2)7(11)5-12-10(15)8-3-4-9(13-8)14(16)17/h3-4,6-7,13H,5H2,1-2H3,(H,12,15). The van der Waals surface area contributed by atoms with Gasteiger partial charge in [0.15, 0.2) is 5.69 Å². The van der Waals surface area contributed by atoms with Crippen LogP contribution in [-0.4, -0.2) is 27.2 Å². The zero-order chi connectivity index (χ0) is 13.0. The lowest BCUT2D eigenvalue weighted by Gasteiger charge is -2.13. The van der Waals surface area contributed by atoms with Crippen LogP contribution in [0.5, 0.6) is 0 Å². The molecule has 1 rings (SSSR count). The van der Waals surface area contributed by atoms with Gasteiger partial charge in [0.1, 0.15) is 0 Å². The summed E-state index contributed by atoms with van der Waals surface area (Å²) in [5, 5.41) is 13.1. The number of alkyl halides is 1. The zero-order valence-corrected chi connectivity index (χ0v) is 11.2. The van der Waals surface area contributed by atoms with Gasteiger partial charge in [0, 0.05) is 17.4 Å². The maximum absolute atomic E-state index is 11.6. The summed E-state index contributed by atoms with van der Waals surface area (Å²) in [6.07, 6.45) is 0. The van der Waals surface area contributed by atoms with Crippen molar-refractivity contribution >= 4 is 27.7 Å². The first-order chi connectivity index (χ1) is 7.91. The number of rotatable bonds is 5. The minimum Gasteiger partial charge on any atom is -0.358 e. The third-order valence-corrected chi connectivity index (χ3v) is 3.67. The Labute approximate surface area is 107 Å². The number of nitrogens with zero attached hydrogens (tertiary/aromatic N) is 1. The number of amides is 1. The smallest absolute Gasteiger partial charge is 0.321 e. The summed E-state index contributed by atoms with van der Waals surface area (Å²) < 4.78 is 0. The first-order valence-corrected chi connectivity index (χ1v) is 6.09. The molecule has 0 saturated heterocycles. The minimum absolute atomic E-state index is 0.177. The molecule has 94 valence electrons. The lowest BCUT2D eigenvalue weighted by atomic mass is 10.1. The quantitative estimate of drug-likeness (QED) is 0.496. The number of aromatic amines is 1. The number of halogens is 1. The molecule has 2 N–H and O–H groups in total. The highest BCUT2D eigenvalue weighted by atomic mass is 79.9. The summed E-state index contributed by atoms with van der Waals surface area (Å²) in [4.78, 5) is 24.1. The van der Waals surface area contributed by atoms with Crippen LogP contribution in [0.25, 0.3) is 0 Å². The molecule has 6 nitrogen and oxygen atoms in total. The molecule has 1 unspecified atom stereocenters. The molecule has 1 heterocycles. The van der Waals surface area contributed by atoms with Crippen LogP contribution in [-0.2, 0) is 0 Å². The number of carbonyl (C=O) groups excluding carboxylic acids is 1. The van der Waals surface area contributed by atoms with Crippen molar-refractivity contribution in [2.75, 3.05) is 6.54 Å². The SMILES string of the molecule is CC(C)C(Br)CNC(=O)c1ccc([N+](=O)[O-])[nH]1. The van der Waals surface area contributed by atoms with Gasteiger partial charge in [-0.1, -0.05) is 29.8 Å². The van der Waals surface area contributed by atoms with E-state index in [1.165, 1.54) is 12.1 Å². The molecule has 0 spiro atoms. The van der Waals surface area contributed by atoms with Gasteiger partial charge >= 0.3 is 5.82 Å². The zero-order valence-electron chi connectivity index (χ0n) is 9.57. The summed E-state index contributed by atoms with van der Waals surface area (Å²) in [6.45, 7) is 4.54. The monoisotopic (exact) mass is 303 g/mol. The molecule has 1 aromatic rings. The van der Waals surface area contributed by atoms with Gasteiger partial charge in [0.2, 0.25) is 0 Å². The average Bonchev–Trinajstić information content (AvgIpc) is 2.74. The molecule has 0 aromatic carbocycles. The van der Waals surface area contributed by atoms with Crippen molar-refractivity contribution < 1.29 is 9.72 Å². The number of H-pyrrole nitrogens is 1. The summed E-state index contributed by atoms with van der Waals surface area (Å²) in [5.41, 5.74) is 0.195. The Kier molecular flexibility index (Phi) is 4.68. The van der Waals surface area contributed by atoms with Crippen molar-refractivity contribution in [3.05, 3.63) is 27.9 Å². The summed E-state index contributed by atoms with van der Waals surface area (Å²) in [7, 11) is 0. The second-order valence-corrected chi connectivity index (χ2v) is 5.16. The van der Waals surface area contributed by atoms with Crippen LogP contribution >= 0.6 is 15.9 Å². The Balaban J connectivity index is 2.55. The maximum atomic E-state index is 11.6. The van der Waals surface area contributed by atoms with Gasteiger partial charge in [-0.15, -0.1) is 0 Å². The van der Waals surface area contributed by atoms with E-state index < -0.39 is 4.92 Å². The average molecular weight is 304 g/mol. The van der Waals surface area contributed by atoms with E-state index in [2.05, 4.69) is 26.2 Å². The highest BCUT2D eigenvalue weighted by Crippen LogP contribution is 2.12. The first kappa shape index (κ1) is 13.7. The fourth-order valence-corrected chi connectivity index (χ4v) is 1.31. The van der Waals surface area contributed by atoms with Gasteiger partial charge in [-0.25, -0.2) is 4.98 Å². The largest absolute Gasteiger partial charge is 0.358 e. The first-order valence-electron chi connectivity index (χ1n) is 5.17. The van der Waals surface area contributed by atoms with Crippen molar-refractivity contribution in [3.63, 3.8) is 0 Å². The number of aromatic nitrogens is 1. The fraction of sp³-hybridized carbons (Fsp3) is 0.500. The summed E-state index contributed by atoms with van der Waals surface area (Å²) in [6, 6.07) is 2.66. The Morgan fingerprint density at radius 3 is 2.71 bits per heavy atom. The molecular weight excluding hydrogens is 290 g/mol. The van der Waals surface area contributed by atoms with Crippen LogP contribution in [0, 0.1) is 16.0 Å². The van der Waals surface area contributed by atoms with Crippen LogP contribution in [0.3, 0.4) is 0 Å². The van der Waals surface area contributed by atoms with Crippen molar-refractivity contribution in [1.29, 1.82) is 0 Å². The molecular formula is C10H14BrN3O3. The molecule has 17 heavy (non-hydrogen) atoms. The highest BCUT2D eigenvalue weighted by molar-refractivity contribution is 9.09. The van der Waals surface area contributed by atoms with Crippen LogP contribution < -0.4 is 5.32 Å². The summed E-state index contributed by atoms with van der Waals surface area (Å²) in [5.74, 6) is -0.133. The molecule has 0 saturated carbocycles. The molecule has 7 heteroatoms. The topological polar surface area (TPSA) is 88.0 Å². The van der Waals surface area contributed by atoms with E-state index in [0.717, 1.165) is 0 Å². The van der Waals surface area contributed by atoms with Gasteiger partial charge in [0.25, 0.3) is 5.91 Å². The predicted molar refractivity (Wildman–Crippen MR) is 67.3 cm³/mol. The Bertz CT molecular complexity index is 417. The van der Waals surface area contributed by atoms with Gasteiger partial charge < -0.3 is 15.4 Å². The minimum atomic E-state index is -0.571. The molecule has 1 aromatic heterocycles. The van der Waals surface area contributed by atoms with Gasteiger partial charge in [-0.2, -0.15) is 0 Å². The Morgan fingerprint density at radius 1 is 1.59 bits per heavy atom. The molecule has 0 aliphatic rings. The Morgan fingerprint density at radius 2 is 2.24 bits per heavy atom. The lowest BCUT2D eigenvalue weighted by molar-refractivity contribution is -0.389. The molecule has 0 fully saturated rings. The van der Waals surface area contributed by atoms with Crippen LogP contribution in [0.15, 0.2) is 12.1 Å². The molecule has 0 aliphatic heterocycles. The van der Waals surface area contributed by atoms with E-state index >= 15 is 0 Å². The number of hydrogen-bond donors (Lipinski definition) is 2. The number of carbonyl (C=O) groups is 1. The molecule has 1 atom stereocenters. The predicted octanol–water partition coefficient (Wildman–Crippen LogP) is 2.07. The van der Waals surface area contributed by atoms with E-state index in [-0.39, 0.29) is 22.2 Å². The van der Waals surface area contributed by atoms with Gasteiger partial charge in [0.05, 0.1) is 0 Å². The number of hydrogen-bond acceptors (Lipinski definition) is 3. The van der Waals surface area contributed by atoms with Crippen molar-refractivity contribution in [1.82, 2.24) is 10.3 Å². The molecule has 0 bridgehead atoms. The number of nitrogens with one attached hydrogen (secondary N) is 2. The van der Waals surface area contributed by atoms with E-state index in [9.17, 15) is 14.9 Å². The van der Waals surface area contributed by atoms with Crippen molar-refractivity contribution in [2.45, 2.75) is 18.7 Å². The highest BCUT2D eigenvalue weighted by Gasteiger charge is 2.16. The fourth-order valence-electron chi connectivity index (χ4n) is 1.14. The van der Waals surface area contributed by atoms with Crippen molar-refractivity contribution in [2.24, 2.45) is 5.92 Å². The van der Waals surface area contributed by atoms with E-state index in [4.69, 9.17) is 0 Å². The Hall–Kier alpha value is -1.37. The van der Waals surface area contributed by atoms with E-state index in [1.807, 2.05) is 13.8 Å². The summed E-state index contributed by atoms with van der Waals surface area (Å²) >= 11 is 3.44. The third-order valence-electron chi connectivity index (χ3n) is 2.29. The third kappa shape index (κ3) is 3.85. The van der Waals surface area contributed by atoms with Crippen LogP contribution in [0.1, 0.15) is 24.3 Å². The van der Waals surface area contributed by atoms with Crippen LogP contribution in [0.2, 0.25) is 0 Å². The van der Waals surface area contributed by atoms with Gasteiger partial charge in [-0.3, -0.25) is 4.79 Å². The molecule has 1 amide bonds. The molecule has 0 radical (unpaired) electrons. The van der Waals surface area contributed by atoms with Gasteiger partial charge in [-0.05, 0) is 16.9 Å². The normalized spacial score (nSPS) is 12.5. The maximum Gasteiger partial charge on any atom is 0.321 e. The number of nitro groups is 1. The molecule has 0 aliphatic carbocycles. The second kappa shape index (κ2) is 5.81. The van der Waals surface area contributed by atoms with Crippen LogP contribution in [0.4, 0.5) is 5.82 Å².